The number of esters is 1. The van der Waals surface area contributed by atoms with Crippen molar-refractivity contribution in [1.29, 1.82) is 0 Å². The number of anilines is 1. The summed E-state index contributed by atoms with van der Waals surface area (Å²) in [4.78, 5) is 11.9. The van der Waals surface area contributed by atoms with Gasteiger partial charge in [0, 0.05) is 10.2 Å². The van der Waals surface area contributed by atoms with Gasteiger partial charge in [0.15, 0.2) is 0 Å². The van der Waals surface area contributed by atoms with Crippen LogP contribution in [-0.2, 0) is 9.53 Å². The first-order chi connectivity index (χ1) is 9.17. The second-order valence-electron chi connectivity index (χ2n) is 3.94. The van der Waals surface area contributed by atoms with Gasteiger partial charge in [0.25, 0.3) is 0 Å². The molecule has 0 radical (unpaired) electrons. The Balaban J connectivity index is 2.64. The Morgan fingerprint density at radius 1 is 1.47 bits per heavy atom. The number of hydrogen-bond acceptors (Lipinski definition) is 4. The zero-order valence-corrected chi connectivity index (χ0v) is 13.7. The van der Waals surface area contributed by atoms with E-state index in [1.54, 1.807) is 0 Å². The van der Waals surface area contributed by atoms with Crippen molar-refractivity contribution in [2.24, 2.45) is 0 Å². The Kier molecular flexibility index (Phi) is 7.98. The van der Waals surface area contributed by atoms with Crippen LogP contribution in [0.15, 0.2) is 28.7 Å². The van der Waals surface area contributed by atoms with Crippen LogP contribution < -0.4 is 5.32 Å². The SMILES string of the molecule is CCOC(=O)C(CCSCC)Nc1cccc(Br)c1. The Morgan fingerprint density at radius 3 is 2.89 bits per heavy atom. The van der Waals surface area contributed by atoms with Gasteiger partial charge in [-0.1, -0.05) is 28.9 Å². The van der Waals surface area contributed by atoms with Crippen molar-refractivity contribution in [3.8, 4) is 0 Å². The maximum atomic E-state index is 11.9. The van der Waals surface area contributed by atoms with Crippen LogP contribution >= 0.6 is 27.7 Å². The van der Waals surface area contributed by atoms with E-state index in [9.17, 15) is 4.79 Å². The van der Waals surface area contributed by atoms with Gasteiger partial charge >= 0.3 is 5.97 Å². The van der Waals surface area contributed by atoms with Crippen molar-refractivity contribution in [2.45, 2.75) is 26.3 Å². The van der Waals surface area contributed by atoms with Crippen LogP contribution in [0.1, 0.15) is 20.3 Å². The summed E-state index contributed by atoms with van der Waals surface area (Å²) in [6.07, 6.45) is 0.768. The molecule has 1 aromatic rings. The lowest BCUT2D eigenvalue weighted by molar-refractivity contribution is -0.144. The molecule has 0 saturated heterocycles. The summed E-state index contributed by atoms with van der Waals surface area (Å²) in [7, 11) is 0. The predicted molar refractivity (Wildman–Crippen MR) is 85.8 cm³/mol. The molecule has 1 N–H and O–H groups in total. The predicted octanol–water partition coefficient (Wildman–Crippen LogP) is 3.94. The van der Waals surface area contributed by atoms with E-state index in [1.807, 2.05) is 43.0 Å². The molecule has 1 unspecified atom stereocenters. The number of ether oxygens (including phenoxy) is 1. The quantitative estimate of drug-likeness (QED) is 0.572. The minimum atomic E-state index is -0.284. The van der Waals surface area contributed by atoms with Crippen LogP contribution in [0.2, 0.25) is 0 Å². The zero-order chi connectivity index (χ0) is 14.1. The molecule has 0 aliphatic carbocycles. The average molecular weight is 346 g/mol. The number of carbonyl (C=O) groups is 1. The number of benzene rings is 1. The summed E-state index contributed by atoms with van der Waals surface area (Å²) < 4.78 is 6.10. The van der Waals surface area contributed by atoms with Crippen LogP contribution in [0.5, 0.6) is 0 Å². The first-order valence-electron chi connectivity index (χ1n) is 6.43. The lowest BCUT2D eigenvalue weighted by Crippen LogP contribution is -2.32. The fraction of sp³-hybridized carbons (Fsp3) is 0.500. The van der Waals surface area contributed by atoms with E-state index in [2.05, 4.69) is 28.2 Å². The second kappa shape index (κ2) is 9.26. The van der Waals surface area contributed by atoms with Crippen LogP contribution in [-0.4, -0.2) is 30.1 Å². The van der Waals surface area contributed by atoms with Gasteiger partial charge in [0.05, 0.1) is 6.61 Å². The Labute approximate surface area is 127 Å². The van der Waals surface area contributed by atoms with E-state index >= 15 is 0 Å². The van der Waals surface area contributed by atoms with E-state index in [0.29, 0.717) is 6.61 Å². The van der Waals surface area contributed by atoms with Crippen molar-refractivity contribution >= 4 is 39.3 Å². The first-order valence-corrected chi connectivity index (χ1v) is 8.38. The molecule has 1 aromatic carbocycles. The van der Waals surface area contributed by atoms with Crippen molar-refractivity contribution < 1.29 is 9.53 Å². The number of carbonyl (C=O) groups excluding carboxylic acids is 1. The lowest BCUT2D eigenvalue weighted by atomic mass is 10.2. The van der Waals surface area contributed by atoms with E-state index < -0.39 is 0 Å². The van der Waals surface area contributed by atoms with Gasteiger partial charge in [-0.25, -0.2) is 4.79 Å². The van der Waals surface area contributed by atoms with Crippen molar-refractivity contribution in [1.82, 2.24) is 0 Å². The molecule has 0 fully saturated rings. The molecule has 0 aromatic heterocycles. The molecule has 19 heavy (non-hydrogen) atoms. The molecule has 106 valence electrons. The maximum Gasteiger partial charge on any atom is 0.328 e. The molecule has 0 spiro atoms. The van der Waals surface area contributed by atoms with Gasteiger partial charge in [0.1, 0.15) is 6.04 Å². The molecule has 0 saturated carbocycles. The highest BCUT2D eigenvalue weighted by molar-refractivity contribution is 9.10. The molecule has 0 amide bonds. The molecule has 1 atom stereocenters. The van der Waals surface area contributed by atoms with Crippen LogP contribution in [0.4, 0.5) is 5.69 Å². The topological polar surface area (TPSA) is 38.3 Å². The monoisotopic (exact) mass is 345 g/mol. The molecule has 0 bridgehead atoms. The molecule has 5 heteroatoms. The number of thioether (sulfide) groups is 1. The fourth-order valence-electron chi connectivity index (χ4n) is 1.62. The number of hydrogen-bond donors (Lipinski definition) is 1. The largest absolute Gasteiger partial charge is 0.464 e. The number of nitrogens with one attached hydrogen (secondary N) is 1. The highest BCUT2D eigenvalue weighted by atomic mass is 79.9. The third-order valence-corrected chi connectivity index (χ3v) is 3.92. The summed E-state index contributed by atoms with van der Waals surface area (Å²) in [6.45, 7) is 4.36. The van der Waals surface area contributed by atoms with Gasteiger partial charge in [-0.05, 0) is 43.0 Å². The van der Waals surface area contributed by atoms with Gasteiger partial charge in [0.2, 0.25) is 0 Å². The number of halogens is 1. The molecule has 0 heterocycles. The maximum absolute atomic E-state index is 11.9. The van der Waals surface area contributed by atoms with E-state index in [4.69, 9.17) is 4.74 Å². The molecule has 0 aliphatic heterocycles. The molecular weight excluding hydrogens is 326 g/mol. The standard InChI is InChI=1S/C14H20BrNO2S/c1-3-18-14(17)13(8-9-19-4-2)16-12-7-5-6-11(15)10-12/h5-7,10,13,16H,3-4,8-9H2,1-2H3. The van der Waals surface area contributed by atoms with E-state index in [-0.39, 0.29) is 12.0 Å². The highest BCUT2D eigenvalue weighted by Gasteiger charge is 2.19. The van der Waals surface area contributed by atoms with Crippen molar-refractivity contribution in [3.63, 3.8) is 0 Å². The smallest absolute Gasteiger partial charge is 0.328 e. The third-order valence-electron chi connectivity index (χ3n) is 2.49. The molecule has 0 aliphatic rings. The summed E-state index contributed by atoms with van der Waals surface area (Å²) in [5.41, 5.74) is 0.925. The molecular formula is C14H20BrNO2S. The minimum Gasteiger partial charge on any atom is -0.464 e. The Hall–Kier alpha value is -0.680. The average Bonchev–Trinajstić information content (AvgIpc) is 2.38. The third kappa shape index (κ3) is 6.34. The van der Waals surface area contributed by atoms with Gasteiger partial charge in [-0.3, -0.25) is 0 Å². The normalized spacial score (nSPS) is 11.9. The lowest BCUT2D eigenvalue weighted by Gasteiger charge is -2.18. The minimum absolute atomic E-state index is 0.181. The van der Waals surface area contributed by atoms with Gasteiger partial charge in [-0.15, -0.1) is 0 Å². The fourth-order valence-corrected chi connectivity index (χ4v) is 2.71. The summed E-state index contributed by atoms with van der Waals surface area (Å²) in [5, 5.41) is 3.25. The van der Waals surface area contributed by atoms with Crippen molar-refractivity contribution in [3.05, 3.63) is 28.7 Å². The summed E-state index contributed by atoms with van der Waals surface area (Å²) in [6, 6.07) is 7.52. The second-order valence-corrected chi connectivity index (χ2v) is 6.25. The molecule has 3 nitrogen and oxygen atoms in total. The van der Waals surface area contributed by atoms with Crippen LogP contribution in [0.25, 0.3) is 0 Å². The molecule has 1 rings (SSSR count). The number of rotatable bonds is 8. The Bertz CT molecular complexity index is 401. The van der Waals surface area contributed by atoms with Gasteiger partial charge in [-0.2, -0.15) is 11.8 Å². The van der Waals surface area contributed by atoms with Crippen LogP contribution in [0, 0.1) is 0 Å². The summed E-state index contributed by atoms with van der Waals surface area (Å²) in [5.74, 6) is 1.83. The van der Waals surface area contributed by atoms with E-state index in [1.165, 1.54) is 0 Å². The van der Waals surface area contributed by atoms with Crippen LogP contribution in [0.3, 0.4) is 0 Å². The van der Waals surface area contributed by atoms with Gasteiger partial charge < -0.3 is 10.1 Å². The highest BCUT2D eigenvalue weighted by Crippen LogP contribution is 2.18. The zero-order valence-electron chi connectivity index (χ0n) is 11.3. The summed E-state index contributed by atoms with van der Waals surface area (Å²) >= 11 is 5.25. The van der Waals surface area contributed by atoms with Crippen molar-refractivity contribution in [2.75, 3.05) is 23.4 Å². The Morgan fingerprint density at radius 2 is 2.26 bits per heavy atom. The first kappa shape index (κ1) is 16.4. The van der Waals surface area contributed by atoms with E-state index in [0.717, 1.165) is 28.1 Å².